The minimum Gasteiger partial charge on any atom is -0.403 e. The summed E-state index contributed by atoms with van der Waals surface area (Å²) in [5, 5.41) is 20.9. The lowest BCUT2D eigenvalue weighted by Crippen LogP contribution is -2.07. The van der Waals surface area contributed by atoms with Gasteiger partial charge in [0.1, 0.15) is 0 Å². The molecule has 3 rings (SSSR count). The largest absolute Gasteiger partial charge is 0.403 e. The molecule has 1 N–H and O–H groups in total. The summed E-state index contributed by atoms with van der Waals surface area (Å²) in [5.41, 5.74) is 2.60. The van der Waals surface area contributed by atoms with Crippen LogP contribution >= 0.6 is 0 Å². The van der Waals surface area contributed by atoms with E-state index < -0.39 is 10.8 Å². The predicted octanol–water partition coefficient (Wildman–Crippen LogP) is 4.42. The Morgan fingerprint density at radius 2 is 1.79 bits per heavy atom. The van der Waals surface area contributed by atoms with E-state index in [1.807, 2.05) is 24.3 Å². The van der Waals surface area contributed by atoms with Crippen molar-refractivity contribution in [3.05, 3.63) is 75.8 Å². The summed E-state index contributed by atoms with van der Waals surface area (Å²) in [7, 11) is 0. The van der Waals surface area contributed by atoms with E-state index in [0.717, 1.165) is 5.56 Å². The molecule has 0 spiro atoms. The molecule has 0 saturated heterocycles. The highest BCUT2D eigenvalue weighted by Crippen LogP contribution is 2.23. The van der Waals surface area contributed by atoms with Crippen molar-refractivity contribution in [2.24, 2.45) is 0 Å². The third-order valence-corrected chi connectivity index (χ3v) is 4.01. The fourth-order valence-electron chi connectivity index (χ4n) is 2.43. The standard InChI is InChI=1S/C20H18N4O4/c1-13(2)15-6-8-16(9-7-15)19-22-23-20(28-19)21-18(25)12-5-14-3-10-17(11-4-14)24(26)27/h3-13H,1-2H3,(H,21,23,25)/b12-5+. The Kier molecular flexibility index (Phi) is 5.59. The first-order valence-electron chi connectivity index (χ1n) is 8.60. The molecule has 0 radical (unpaired) electrons. The van der Waals surface area contributed by atoms with E-state index in [4.69, 9.17) is 4.42 Å². The van der Waals surface area contributed by atoms with Crippen molar-refractivity contribution in [3.63, 3.8) is 0 Å². The number of nitro benzene ring substituents is 1. The van der Waals surface area contributed by atoms with Crippen LogP contribution in [0.4, 0.5) is 11.7 Å². The summed E-state index contributed by atoms with van der Waals surface area (Å²) in [6.07, 6.45) is 2.81. The van der Waals surface area contributed by atoms with Crippen LogP contribution in [-0.2, 0) is 4.79 Å². The number of rotatable bonds is 6. The molecular formula is C20H18N4O4. The number of nitrogens with zero attached hydrogens (tertiary/aromatic N) is 3. The molecule has 28 heavy (non-hydrogen) atoms. The number of carbonyl (C=O) groups excluding carboxylic acids is 1. The van der Waals surface area contributed by atoms with Crippen molar-refractivity contribution in [2.45, 2.75) is 19.8 Å². The number of anilines is 1. The highest BCUT2D eigenvalue weighted by molar-refractivity contribution is 6.00. The van der Waals surface area contributed by atoms with Gasteiger partial charge < -0.3 is 4.42 Å². The number of benzene rings is 2. The van der Waals surface area contributed by atoms with Gasteiger partial charge in [-0.05, 0) is 47.4 Å². The highest BCUT2D eigenvalue weighted by Gasteiger charge is 2.11. The van der Waals surface area contributed by atoms with Crippen LogP contribution in [0.15, 0.2) is 59.0 Å². The van der Waals surface area contributed by atoms with Crippen LogP contribution < -0.4 is 5.32 Å². The van der Waals surface area contributed by atoms with Gasteiger partial charge in [-0.3, -0.25) is 20.2 Å². The summed E-state index contributed by atoms with van der Waals surface area (Å²) in [6.45, 7) is 4.22. The Bertz CT molecular complexity index is 1010. The lowest BCUT2D eigenvalue weighted by atomic mass is 10.0. The van der Waals surface area contributed by atoms with Gasteiger partial charge in [0.05, 0.1) is 4.92 Å². The van der Waals surface area contributed by atoms with Crippen molar-refractivity contribution in [3.8, 4) is 11.5 Å². The maximum atomic E-state index is 12.0. The lowest BCUT2D eigenvalue weighted by Gasteiger charge is -2.04. The quantitative estimate of drug-likeness (QED) is 0.386. The zero-order valence-corrected chi connectivity index (χ0v) is 15.3. The zero-order chi connectivity index (χ0) is 20.1. The number of hydrogen-bond acceptors (Lipinski definition) is 6. The van der Waals surface area contributed by atoms with Gasteiger partial charge in [0.25, 0.3) is 11.6 Å². The van der Waals surface area contributed by atoms with E-state index in [0.29, 0.717) is 17.4 Å². The number of amides is 1. The lowest BCUT2D eigenvalue weighted by molar-refractivity contribution is -0.384. The Labute approximate surface area is 161 Å². The molecule has 1 amide bonds. The molecule has 0 aliphatic heterocycles. The fourth-order valence-corrected chi connectivity index (χ4v) is 2.43. The molecule has 0 aliphatic carbocycles. The van der Waals surface area contributed by atoms with Gasteiger partial charge in [0.15, 0.2) is 0 Å². The van der Waals surface area contributed by atoms with Crippen molar-refractivity contribution in [1.82, 2.24) is 10.2 Å². The van der Waals surface area contributed by atoms with Gasteiger partial charge >= 0.3 is 6.01 Å². The second-order valence-corrected chi connectivity index (χ2v) is 6.36. The van der Waals surface area contributed by atoms with E-state index in [1.54, 1.807) is 12.1 Å². The van der Waals surface area contributed by atoms with Crippen molar-refractivity contribution < 1.29 is 14.1 Å². The van der Waals surface area contributed by atoms with Crippen LogP contribution in [0.25, 0.3) is 17.5 Å². The smallest absolute Gasteiger partial charge is 0.322 e. The zero-order valence-electron chi connectivity index (χ0n) is 15.3. The van der Waals surface area contributed by atoms with Gasteiger partial charge in [-0.2, -0.15) is 0 Å². The van der Waals surface area contributed by atoms with E-state index in [-0.39, 0.29) is 11.7 Å². The average molecular weight is 378 g/mol. The van der Waals surface area contributed by atoms with Crippen LogP contribution in [0.2, 0.25) is 0 Å². The maximum absolute atomic E-state index is 12.0. The Morgan fingerprint density at radius 3 is 2.39 bits per heavy atom. The summed E-state index contributed by atoms with van der Waals surface area (Å²) in [5.74, 6) is 0.280. The summed E-state index contributed by atoms with van der Waals surface area (Å²) in [6, 6.07) is 13.6. The molecule has 0 aliphatic rings. The van der Waals surface area contributed by atoms with Gasteiger partial charge in [-0.15, -0.1) is 5.10 Å². The molecule has 1 aromatic heterocycles. The number of hydrogen-bond donors (Lipinski definition) is 1. The van der Waals surface area contributed by atoms with Crippen LogP contribution in [0.1, 0.15) is 30.9 Å². The van der Waals surface area contributed by atoms with Crippen LogP contribution in [0.3, 0.4) is 0 Å². The topological polar surface area (TPSA) is 111 Å². The molecule has 1 heterocycles. The second-order valence-electron chi connectivity index (χ2n) is 6.36. The third kappa shape index (κ3) is 4.67. The van der Waals surface area contributed by atoms with E-state index >= 15 is 0 Å². The van der Waals surface area contributed by atoms with Crippen molar-refractivity contribution >= 4 is 23.7 Å². The first-order valence-corrected chi connectivity index (χ1v) is 8.60. The van der Waals surface area contributed by atoms with Crippen LogP contribution in [-0.4, -0.2) is 21.0 Å². The second kappa shape index (κ2) is 8.26. The molecule has 142 valence electrons. The third-order valence-electron chi connectivity index (χ3n) is 4.01. The average Bonchev–Trinajstić information content (AvgIpc) is 3.15. The van der Waals surface area contributed by atoms with Gasteiger partial charge in [0, 0.05) is 23.8 Å². The number of non-ortho nitro benzene ring substituents is 1. The SMILES string of the molecule is CC(C)c1ccc(-c2nnc(NC(=O)/C=C/c3ccc([N+](=O)[O-])cc3)o2)cc1. The normalized spacial score (nSPS) is 11.1. The molecule has 2 aromatic carbocycles. The maximum Gasteiger partial charge on any atom is 0.322 e. The first kappa shape index (κ1) is 19.0. The molecule has 0 saturated carbocycles. The van der Waals surface area contributed by atoms with E-state index in [1.165, 1.54) is 29.8 Å². The summed E-state index contributed by atoms with van der Waals surface area (Å²) < 4.78 is 5.47. The van der Waals surface area contributed by atoms with E-state index in [2.05, 4.69) is 29.4 Å². The molecule has 0 unspecified atom stereocenters. The van der Waals surface area contributed by atoms with Crippen LogP contribution in [0.5, 0.6) is 0 Å². The number of nitrogens with one attached hydrogen (secondary N) is 1. The molecule has 3 aromatic rings. The van der Waals surface area contributed by atoms with Gasteiger partial charge in [0.2, 0.25) is 5.89 Å². The fraction of sp³-hybridized carbons (Fsp3) is 0.150. The predicted molar refractivity (Wildman–Crippen MR) is 105 cm³/mol. The molecule has 0 atom stereocenters. The summed E-state index contributed by atoms with van der Waals surface area (Å²) in [4.78, 5) is 22.1. The molecule has 8 nitrogen and oxygen atoms in total. The number of carbonyl (C=O) groups is 1. The first-order chi connectivity index (χ1) is 13.4. The molecule has 8 heteroatoms. The van der Waals surface area contributed by atoms with E-state index in [9.17, 15) is 14.9 Å². The molecule has 0 fully saturated rings. The Balaban J connectivity index is 1.62. The Morgan fingerprint density at radius 1 is 1.11 bits per heavy atom. The number of aromatic nitrogens is 2. The minimum absolute atomic E-state index is 0.0126. The molecular weight excluding hydrogens is 360 g/mol. The minimum atomic E-state index is -0.482. The van der Waals surface area contributed by atoms with Crippen molar-refractivity contribution in [2.75, 3.05) is 5.32 Å². The molecule has 0 bridgehead atoms. The van der Waals surface area contributed by atoms with Crippen LogP contribution in [0, 0.1) is 10.1 Å². The summed E-state index contributed by atoms with van der Waals surface area (Å²) >= 11 is 0. The highest BCUT2D eigenvalue weighted by atomic mass is 16.6. The number of nitro groups is 1. The van der Waals surface area contributed by atoms with Gasteiger partial charge in [-0.1, -0.05) is 31.1 Å². The monoisotopic (exact) mass is 378 g/mol. The van der Waals surface area contributed by atoms with Crippen molar-refractivity contribution in [1.29, 1.82) is 0 Å². The van der Waals surface area contributed by atoms with Gasteiger partial charge in [-0.25, -0.2) is 0 Å². The Hall–Kier alpha value is -3.81.